The van der Waals surface area contributed by atoms with Crippen LogP contribution in [0.4, 0.5) is 0 Å². The zero-order chi connectivity index (χ0) is 12.4. The van der Waals surface area contributed by atoms with E-state index in [4.69, 9.17) is 5.73 Å². The van der Waals surface area contributed by atoms with Crippen molar-refractivity contribution in [3.8, 4) is 0 Å². The second kappa shape index (κ2) is 5.44. The van der Waals surface area contributed by atoms with Crippen molar-refractivity contribution >= 4 is 0 Å². The molecular weight excluding hydrogens is 218 g/mol. The molecule has 1 heteroatoms. The van der Waals surface area contributed by atoms with E-state index in [-0.39, 0.29) is 0 Å². The molecule has 2 saturated carbocycles. The number of aryl methyl sites for hydroxylation is 1. The average Bonchev–Trinajstić information content (AvgIpc) is 3.15. The van der Waals surface area contributed by atoms with Crippen molar-refractivity contribution in [2.45, 2.75) is 63.3 Å². The third-order valence-corrected chi connectivity index (χ3v) is 4.84. The van der Waals surface area contributed by atoms with Crippen molar-refractivity contribution in [1.82, 2.24) is 0 Å². The fraction of sp³-hybridized carbons (Fsp3) is 0.647. The van der Waals surface area contributed by atoms with Crippen LogP contribution in [-0.2, 0) is 6.42 Å². The Hall–Kier alpha value is -0.820. The first kappa shape index (κ1) is 12.2. The SMILES string of the molecule is NC1CC1c1ccccc1CCC1CCCCC1. The minimum atomic E-state index is 0.431. The molecule has 1 aromatic rings. The monoisotopic (exact) mass is 243 g/mol. The molecule has 98 valence electrons. The van der Waals surface area contributed by atoms with Gasteiger partial charge in [-0.15, -0.1) is 0 Å². The second-order valence-electron chi connectivity index (χ2n) is 6.25. The minimum absolute atomic E-state index is 0.431. The van der Waals surface area contributed by atoms with Crippen LogP contribution >= 0.6 is 0 Å². The number of hydrogen-bond acceptors (Lipinski definition) is 1. The molecule has 18 heavy (non-hydrogen) atoms. The van der Waals surface area contributed by atoms with Gasteiger partial charge in [-0.25, -0.2) is 0 Å². The molecule has 0 heterocycles. The third-order valence-electron chi connectivity index (χ3n) is 4.84. The predicted octanol–water partition coefficient (Wildman–Crippen LogP) is 4.01. The van der Waals surface area contributed by atoms with E-state index in [0.29, 0.717) is 12.0 Å². The second-order valence-corrected chi connectivity index (χ2v) is 6.25. The molecule has 0 aliphatic heterocycles. The maximum Gasteiger partial charge on any atom is 0.0115 e. The molecule has 3 rings (SSSR count). The van der Waals surface area contributed by atoms with Crippen LogP contribution in [0.1, 0.15) is 62.0 Å². The van der Waals surface area contributed by atoms with E-state index in [1.165, 1.54) is 51.4 Å². The summed E-state index contributed by atoms with van der Waals surface area (Å²) in [6.45, 7) is 0. The standard InChI is InChI=1S/C17H25N/c18-17-12-16(17)15-9-5-4-8-14(15)11-10-13-6-2-1-3-7-13/h4-5,8-9,13,16-17H,1-3,6-7,10-12,18H2. The highest BCUT2D eigenvalue weighted by molar-refractivity contribution is 5.35. The van der Waals surface area contributed by atoms with Crippen LogP contribution in [0.2, 0.25) is 0 Å². The number of benzene rings is 1. The van der Waals surface area contributed by atoms with Gasteiger partial charge in [0.2, 0.25) is 0 Å². The fourth-order valence-electron chi connectivity index (χ4n) is 3.53. The van der Waals surface area contributed by atoms with Crippen molar-refractivity contribution in [1.29, 1.82) is 0 Å². The maximum atomic E-state index is 6.01. The largest absolute Gasteiger partial charge is 0.327 e. The van der Waals surface area contributed by atoms with Crippen LogP contribution in [0.25, 0.3) is 0 Å². The highest BCUT2D eigenvalue weighted by atomic mass is 14.7. The third kappa shape index (κ3) is 2.77. The van der Waals surface area contributed by atoms with Gasteiger partial charge in [-0.2, -0.15) is 0 Å². The number of nitrogens with two attached hydrogens (primary N) is 1. The summed E-state index contributed by atoms with van der Waals surface area (Å²) >= 11 is 0. The smallest absolute Gasteiger partial charge is 0.0115 e. The summed E-state index contributed by atoms with van der Waals surface area (Å²) in [5.74, 6) is 1.65. The van der Waals surface area contributed by atoms with Gasteiger partial charge >= 0.3 is 0 Å². The van der Waals surface area contributed by atoms with Crippen molar-refractivity contribution in [2.75, 3.05) is 0 Å². The van der Waals surface area contributed by atoms with Crippen molar-refractivity contribution in [3.05, 3.63) is 35.4 Å². The van der Waals surface area contributed by atoms with Gasteiger partial charge in [-0.05, 0) is 36.3 Å². The van der Waals surface area contributed by atoms with Crippen LogP contribution in [0.15, 0.2) is 24.3 Å². The molecule has 1 nitrogen and oxygen atoms in total. The van der Waals surface area contributed by atoms with E-state index in [1.807, 2.05) is 0 Å². The highest BCUT2D eigenvalue weighted by Gasteiger charge is 2.35. The van der Waals surface area contributed by atoms with Gasteiger partial charge in [0, 0.05) is 12.0 Å². The molecule has 0 radical (unpaired) electrons. The van der Waals surface area contributed by atoms with Gasteiger partial charge in [0.05, 0.1) is 0 Å². The molecule has 0 bridgehead atoms. The van der Waals surface area contributed by atoms with Gasteiger partial charge in [0.15, 0.2) is 0 Å². The Kier molecular flexibility index (Phi) is 3.69. The van der Waals surface area contributed by atoms with Gasteiger partial charge in [-0.3, -0.25) is 0 Å². The van der Waals surface area contributed by atoms with Gasteiger partial charge in [0.25, 0.3) is 0 Å². The molecule has 1 aromatic carbocycles. The maximum absolute atomic E-state index is 6.01. The molecule has 2 aliphatic carbocycles. The Bertz CT molecular complexity index is 392. The first-order chi connectivity index (χ1) is 8.84. The molecule has 2 atom stereocenters. The Balaban J connectivity index is 1.61. The summed E-state index contributed by atoms with van der Waals surface area (Å²) in [6, 6.07) is 9.41. The molecule has 0 saturated heterocycles. The molecule has 0 aromatic heterocycles. The van der Waals surface area contributed by atoms with Crippen molar-refractivity contribution < 1.29 is 0 Å². The quantitative estimate of drug-likeness (QED) is 0.849. The van der Waals surface area contributed by atoms with Crippen LogP contribution in [0.3, 0.4) is 0 Å². The van der Waals surface area contributed by atoms with E-state index in [9.17, 15) is 0 Å². The van der Waals surface area contributed by atoms with Gasteiger partial charge in [-0.1, -0.05) is 56.4 Å². The number of hydrogen-bond donors (Lipinski definition) is 1. The normalized spacial score (nSPS) is 28.3. The van der Waals surface area contributed by atoms with Crippen molar-refractivity contribution in [2.24, 2.45) is 11.7 Å². The van der Waals surface area contributed by atoms with Crippen LogP contribution in [0.5, 0.6) is 0 Å². The van der Waals surface area contributed by atoms with E-state index in [0.717, 1.165) is 5.92 Å². The molecule has 2 unspecified atom stereocenters. The predicted molar refractivity (Wildman–Crippen MR) is 76.7 cm³/mol. The molecule has 2 N–H and O–H groups in total. The molecular formula is C17H25N. The Morgan fingerprint density at radius 2 is 1.78 bits per heavy atom. The summed E-state index contributed by atoms with van der Waals surface area (Å²) in [5, 5.41) is 0. The Morgan fingerprint density at radius 3 is 2.50 bits per heavy atom. The first-order valence-corrected chi connectivity index (χ1v) is 7.68. The topological polar surface area (TPSA) is 26.0 Å². The summed E-state index contributed by atoms with van der Waals surface area (Å²) in [6.07, 6.45) is 11.2. The lowest BCUT2D eigenvalue weighted by molar-refractivity contribution is 0.339. The Labute approximate surface area is 111 Å². The highest BCUT2D eigenvalue weighted by Crippen LogP contribution is 2.41. The molecule has 0 amide bonds. The average molecular weight is 243 g/mol. The van der Waals surface area contributed by atoms with E-state index in [1.54, 1.807) is 11.1 Å². The fourth-order valence-corrected chi connectivity index (χ4v) is 3.53. The minimum Gasteiger partial charge on any atom is -0.327 e. The van der Waals surface area contributed by atoms with Crippen molar-refractivity contribution in [3.63, 3.8) is 0 Å². The van der Waals surface area contributed by atoms with E-state index < -0.39 is 0 Å². The molecule has 0 spiro atoms. The van der Waals surface area contributed by atoms with Crippen LogP contribution in [0, 0.1) is 5.92 Å². The molecule has 2 aliphatic rings. The van der Waals surface area contributed by atoms with Crippen LogP contribution in [-0.4, -0.2) is 6.04 Å². The van der Waals surface area contributed by atoms with E-state index in [2.05, 4.69) is 24.3 Å². The zero-order valence-corrected chi connectivity index (χ0v) is 11.3. The first-order valence-electron chi connectivity index (χ1n) is 7.68. The number of rotatable bonds is 4. The zero-order valence-electron chi connectivity index (χ0n) is 11.3. The summed E-state index contributed by atoms with van der Waals surface area (Å²) in [5.41, 5.74) is 9.12. The summed E-state index contributed by atoms with van der Waals surface area (Å²) in [4.78, 5) is 0. The Morgan fingerprint density at radius 1 is 1.06 bits per heavy atom. The van der Waals surface area contributed by atoms with Gasteiger partial charge < -0.3 is 5.73 Å². The summed E-state index contributed by atoms with van der Waals surface area (Å²) in [7, 11) is 0. The van der Waals surface area contributed by atoms with Gasteiger partial charge in [0.1, 0.15) is 0 Å². The lowest BCUT2D eigenvalue weighted by Crippen LogP contribution is -2.08. The molecule has 2 fully saturated rings. The lowest BCUT2D eigenvalue weighted by Gasteiger charge is -2.22. The van der Waals surface area contributed by atoms with Crippen LogP contribution < -0.4 is 5.73 Å². The lowest BCUT2D eigenvalue weighted by atomic mass is 9.84. The van der Waals surface area contributed by atoms with E-state index >= 15 is 0 Å². The summed E-state index contributed by atoms with van der Waals surface area (Å²) < 4.78 is 0.